The van der Waals surface area contributed by atoms with Crippen molar-refractivity contribution in [2.75, 3.05) is 0 Å². The molecule has 0 atom stereocenters. The van der Waals surface area contributed by atoms with Crippen LogP contribution >= 0.6 is 0 Å². The minimum atomic E-state index is -1.19. The molecule has 108 valence electrons. The van der Waals surface area contributed by atoms with Gasteiger partial charge in [-0.1, -0.05) is 74.6 Å². The van der Waals surface area contributed by atoms with E-state index in [0.29, 0.717) is 0 Å². The number of aryl methyl sites for hydroxylation is 1. The Kier molecular flexibility index (Phi) is 3.85. The summed E-state index contributed by atoms with van der Waals surface area (Å²) in [5.74, 6) is 0. The molecule has 0 aromatic heterocycles. The van der Waals surface area contributed by atoms with E-state index in [2.05, 4.69) is 77.7 Å². The van der Waals surface area contributed by atoms with Crippen molar-refractivity contribution < 1.29 is 0 Å². The lowest BCUT2D eigenvalue weighted by molar-refractivity contribution is 0.608. The lowest BCUT2D eigenvalue weighted by Gasteiger charge is -2.30. The first-order valence-corrected chi connectivity index (χ1v) is 11.1. The molecule has 0 radical (unpaired) electrons. The van der Waals surface area contributed by atoms with Crippen molar-refractivity contribution in [1.29, 1.82) is 0 Å². The first kappa shape index (κ1) is 15.3. The van der Waals surface area contributed by atoms with Gasteiger partial charge < -0.3 is 0 Å². The zero-order valence-electron chi connectivity index (χ0n) is 14.1. The molecular weight excluding hydrogens is 256 g/mol. The predicted molar refractivity (Wildman–Crippen MR) is 93.1 cm³/mol. The van der Waals surface area contributed by atoms with Gasteiger partial charge in [0.05, 0.1) is 8.07 Å². The van der Waals surface area contributed by atoms with Crippen LogP contribution in [0.25, 0.3) is 0 Å². The Balaban J connectivity index is 2.41. The molecule has 1 aliphatic carbocycles. The summed E-state index contributed by atoms with van der Waals surface area (Å²) in [6.45, 7) is 16.5. The molecule has 0 aliphatic heterocycles. The Morgan fingerprint density at radius 3 is 2.25 bits per heavy atom. The normalized spacial score (nSPS) is 16.1. The Labute approximate surface area is 125 Å². The lowest BCUT2D eigenvalue weighted by Crippen LogP contribution is -2.23. The standard InChI is InChI=1S/C19H28Si/c1-14-9-8-10-18(15(14)2)19(3,4)16-11-12-17(13-16)20(5,6)7/h8-10,12-13H,11H2,1-7H3. The molecule has 1 aromatic rings. The van der Waals surface area contributed by atoms with Gasteiger partial charge in [0.25, 0.3) is 0 Å². The smallest absolute Gasteiger partial charge is 0.0771 e. The average Bonchev–Trinajstić information content (AvgIpc) is 2.82. The van der Waals surface area contributed by atoms with Crippen LogP contribution in [0.3, 0.4) is 0 Å². The fourth-order valence-corrected chi connectivity index (χ4v) is 4.41. The van der Waals surface area contributed by atoms with E-state index in [1.54, 1.807) is 10.8 Å². The highest BCUT2D eigenvalue weighted by Gasteiger charge is 2.31. The van der Waals surface area contributed by atoms with Crippen molar-refractivity contribution in [2.24, 2.45) is 0 Å². The third-order valence-electron chi connectivity index (χ3n) is 4.82. The van der Waals surface area contributed by atoms with Crippen LogP contribution in [0.2, 0.25) is 19.6 Å². The summed E-state index contributed by atoms with van der Waals surface area (Å²) in [5.41, 5.74) is 6.03. The molecule has 0 bridgehead atoms. The van der Waals surface area contributed by atoms with Gasteiger partial charge in [-0.2, -0.15) is 0 Å². The molecule has 20 heavy (non-hydrogen) atoms. The zero-order valence-corrected chi connectivity index (χ0v) is 15.1. The molecule has 2 rings (SSSR count). The Hall–Kier alpha value is -1.08. The second-order valence-electron chi connectivity index (χ2n) is 7.66. The van der Waals surface area contributed by atoms with Gasteiger partial charge in [0, 0.05) is 5.41 Å². The third kappa shape index (κ3) is 2.69. The predicted octanol–water partition coefficient (Wildman–Crippen LogP) is 5.71. The van der Waals surface area contributed by atoms with Crippen LogP contribution in [-0.2, 0) is 5.41 Å². The summed E-state index contributed by atoms with van der Waals surface area (Å²) in [6, 6.07) is 6.71. The van der Waals surface area contributed by atoms with Crippen molar-refractivity contribution in [3.63, 3.8) is 0 Å². The van der Waals surface area contributed by atoms with Gasteiger partial charge in [-0.25, -0.2) is 0 Å². The fourth-order valence-electron chi connectivity index (χ4n) is 3.08. The van der Waals surface area contributed by atoms with Gasteiger partial charge in [-0.15, -0.1) is 0 Å². The third-order valence-corrected chi connectivity index (χ3v) is 6.90. The van der Waals surface area contributed by atoms with E-state index in [-0.39, 0.29) is 5.41 Å². The summed E-state index contributed by atoms with van der Waals surface area (Å²) >= 11 is 0. The molecule has 0 saturated carbocycles. The highest BCUT2D eigenvalue weighted by atomic mass is 28.3. The van der Waals surface area contributed by atoms with Gasteiger partial charge in [0.15, 0.2) is 0 Å². The number of benzene rings is 1. The van der Waals surface area contributed by atoms with Crippen molar-refractivity contribution in [2.45, 2.75) is 59.2 Å². The summed E-state index contributed by atoms with van der Waals surface area (Å²) in [6.07, 6.45) is 6.09. The molecule has 0 heterocycles. The maximum Gasteiger partial charge on any atom is 0.0771 e. The molecule has 1 heteroatoms. The van der Waals surface area contributed by atoms with E-state index < -0.39 is 8.07 Å². The second-order valence-corrected chi connectivity index (χ2v) is 12.7. The van der Waals surface area contributed by atoms with Crippen LogP contribution < -0.4 is 0 Å². The number of rotatable bonds is 3. The topological polar surface area (TPSA) is 0 Å². The van der Waals surface area contributed by atoms with Gasteiger partial charge in [-0.3, -0.25) is 0 Å². The van der Waals surface area contributed by atoms with E-state index in [4.69, 9.17) is 0 Å². The number of hydrogen-bond donors (Lipinski definition) is 0. The highest BCUT2D eigenvalue weighted by molar-refractivity contribution is 6.83. The largest absolute Gasteiger partial charge is 0.0812 e. The van der Waals surface area contributed by atoms with E-state index >= 15 is 0 Å². The van der Waals surface area contributed by atoms with Gasteiger partial charge >= 0.3 is 0 Å². The maximum absolute atomic E-state index is 2.49. The van der Waals surface area contributed by atoms with E-state index in [9.17, 15) is 0 Å². The van der Waals surface area contributed by atoms with E-state index in [1.165, 1.54) is 16.7 Å². The quantitative estimate of drug-likeness (QED) is 0.623. The number of allylic oxidation sites excluding steroid dienone is 4. The molecule has 0 amide bonds. The monoisotopic (exact) mass is 284 g/mol. The summed E-state index contributed by atoms with van der Waals surface area (Å²) < 4.78 is 0. The minimum Gasteiger partial charge on any atom is -0.0812 e. The van der Waals surface area contributed by atoms with E-state index in [0.717, 1.165) is 6.42 Å². The van der Waals surface area contributed by atoms with Gasteiger partial charge in [0.2, 0.25) is 0 Å². The summed E-state index contributed by atoms with van der Waals surface area (Å²) in [5, 5.41) is 1.62. The Morgan fingerprint density at radius 1 is 1.05 bits per heavy atom. The summed E-state index contributed by atoms with van der Waals surface area (Å²) in [4.78, 5) is 0. The van der Waals surface area contributed by atoms with Crippen LogP contribution in [0.1, 0.15) is 37.0 Å². The highest BCUT2D eigenvalue weighted by Crippen LogP contribution is 2.40. The Morgan fingerprint density at radius 2 is 1.70 bits per heavy atom. The SMILES string of the molecule is Cc1cccc(C(C)(C)C2=CC([Si](C)(C)C)=CC2)c1C. The molecular formula is C19H28Si. The van der Waals surface area contributed by atoms with E-state index in [1.807, 2.05) is 0 Å². The maximum atomic E-state index is 2.49. The number of hydrogen-bond acceptors (Lipinski definition) is 0. The van der Waals surface area contributed by atoms with Crippen molar-refractivity contribution >= 4 is 8.07 Å². The van der Waals surface area contributed by atoms with Crippen molar-refractivity contribution in [1.82, 2.24) is 0 Å². The van der Waals surface area contributed by atoms with Crippen LogP contribution in [0.5, 0.6) is 0 Å². The molecule has 0 saturated heterocycles. The van der Waals surface area contributed by atoms with Crippen LogP contribution in [-0.4, -0.2) is 8.07 Å². The van der Waals surface area contributed by atoms with Crippen LogP contribution in [0.4, 0.5) is 0 Å². The minimum absolute atomic E-state index is 0.133. The molecule has 0 spiro atoms. The molecule has 0 N–H and O–H groups in total. The Bertz CT molecular complexity index is 580. The molecule has 0 unspecified atom stereocenters. The molecule has 0 fully saturated rings. The van der Waals surface area contributed by atoms with Crippen molar-refractivity contribution in [3.8, 4) is 0 Å². The fraction of sp³-hybridized carbons (Fsp3) is 0.474. The summed E-state index contributed by atoms with van der Waals surface area (Å²) in [7, 11) is -1.19. The van der Waals surface area contributed by atoms with Crippen LogP contribution in [0, 0.1) is 13.8 Å². The van der Waals surface area contributed by atoms with Crippen LogP contribution in [0.15, 0.2) is 41.1 Å². The first-order valence-electron chi connectivity index (χ1n) is 7.62. The van der Waals surface area contributed by atoms with Crippen molar-refractivity contribution in [3.05, 3.63) is 57.8 Å². The molecule has 1 aromatic carbocycles. The second kappa shape index (κ2) is 5.03. The lowest BCUT2D eigenvalue weighted by atomic mass is 9.74. The zero-order chi connectivity index (χ0) is 15.1. The first-order chi connectivity index (χ1) is 9.14. The molecule has 0 nitrogen and oxygen atoms in total. The molecule has 1 aliphatic rings. The van der Waals surface area contributed by atoms with Gasteiger partial charge in [-0.05, 0) is 37.0 Å². The van der Waals surface area contributed by atoms with Gasteiger partial charge in [0.1, 0.15) is 0 Å². The average molecular weight is 285 g/mol.